The molecule has 0 saturated carbocycles. The molecule has 0 aromatic heterocycles. The Hall–Kier alpha value is -0.633. The molecular weight excluding hydrogens is 244 g/mol. The molecule has 0 N–H and O–H groups in total. The highest BCUT2D eigenvalue weighted by molar-refractivity contribution is 6.55. The Kier molecular flexibility index (Phi) is 9.05. The van der Waals surface area contributed by atoms with Gasteiger partial charge >= 0.3 is 15.2 Å². The molecule has 0 bridgehead atoms. The number of rotatable bonds is 9. The predicted octanol–water partition coefficient (Wildman–Crippen LogP) is 2.09. The largest absolute Gasteiger partial charge is 0.754 e. The average molecular weight is 266 g/mol. The molecule has 0 aromatic rings. The van der Waals surface area contributed by atoms with Crippen LogP contribution in [-0.2, 0) is 22.4 Å². The summed E-state index contributed by atoms with van der Waals surface area (Å²) in [6.45, 7) is 8.55. The van der Waals surface area contributed by atoms with E-state index in [-0.39, 0.29) is 0 Å². The summed E-state index contributed by atoms with van der Waals surface area (Å²) in [7, 11) is -3.38. The average Bonchev–Trinajstić information content (AvgIpc) is 2.27. The van der Waals surface area contributed by atoms with Crippen LogP contribution in [0.1, 0.15) is 34.1 Å². The fourth-order valence-corrected chi connectivity index (χ4v) is 2.81. The Morgan fingerprint density at radius 3 is 1.76 bits per heavy atom. The Bertz CT molecular complexity index is 194. The van der Waals surface area contributed by atoms with Crippen molar-refractivity contribution in [2.24, 2.45) is 0 Å². The van der Waals surface area contributed by atoms with Crippen molar-refractivity contribution in [1.29, 1.82) is 0 Å². The van der Waals surface area contributed by atoms with Crippen molar-refractivity contribution in [3.8, 4) is 0 Å². The summed E-state index contributed by atoms with van der Waals surface area (Å²) in [5.41, 5.74) is 0. The van der Waals surface area contributed by atoms with E-state index >= 15 is 0 Å². The van der Waals surface area contributed by atoms with Gasteiger partial charge in [-0.15, -0.1) is 0 Å². The number of hydrogen-bond acceptors (Lipinski definition) is 6. The standard InChI is InChI=1S/C10H22O6Si/c1-5-9-12-10(11)16-17(13-6-2,14-7-3)15-8-4/h5-9H2,1-4H3. The molecule has 0 aliphatic carbocycles. The van der Waals surface area contributed by atoms with Gasteiger partial charge in [0, 0.05) is 19.8 Å². The fraction of sp³-hybridized carbons (Fsp3) is 0.900. The summed E-state index contributed by atoms with van der Waals surface area (Å²) < 4.78 is 25.9. The molecule has 0 radical (unpaired) electrons. The van der Waals surface area contributed by atoms with Crippen molar-refractivity contribution in [2.75, 3.05) is 26.4 Å². The lowest BCUT2D eigenvalue weighted by atomic mass is 10.5. The van der Waals surface area contributed by atoms with Crippen molar-refractivity contribution in [3.05, 3.63) is 0 Å². The number of ether oxygens (including phenoxy) is 1. The molecule has 0 fully saturated rings. The molecular formula is C10H22O6Si. The van der Waals surface area contributed by atoms with Crippen LogP contribution in [0.2, 0.25) is 0 Å². The first kappa shape index (κ1) is 16.4. The van der Waals surface area contributed by atoms with Crippen LogP contribution in [0, 0.1) is 0 Å². The van der Waals surface area contributed by atoms with E-state index in [1.165, 1.54) is 0 Å². The Balaban J connectivity index is 4.46. The molecule has 17 heavy (non-hydrogen) atoms. The summed E-state index contributed by atoms with van der Waals surface area (Å²) in [5.74, 6) is 0. The summed E-state index contributed by atoms with van der Waals surface area (Å²) in [6.07, 6.45) is -0.0875. The van der Waals surface area contributed by atoms with E-state index in [0.29, 0.717) is 26.4 Å². The molecule has 0 heterocycles. The zero-order valence-electron chi connectivity index (χ0n) is 11.0. The molecule has 7 heteroatoms. The quantitative estimate of drug-likeness (QED) is 0.470. The minimum absolute atomic E-state index is 0.299. The molecule has 0 aliphatic rings. The van der Waals surface area contributed by atoms with Crippen molar-refractivity contribution < 1.29 is 27.2 Å². The first-order valence-corrected chi connectivity index (χ1v) is 7.54. The lowest BCUT2D eigenvalue weighted by Gasteiger charge is -2.25. The third-order valence-corrected chi connectivity index (χ3v) is 3.94. The van der Waals surface area contributed by atoms with Gasteiger partial charge in [-0.1, -0.05) is 6.92 Å². The summed E-state index contributed by atoms with van der Waals surface area (Å²) in [4.78, 5) is 11.4. The highest BCUT2D eigenvalue weighted by atomic mass is 28.4. The van der Waals surface area contributed by atoms with E-state index in [9.17, 15) is 4.79 Å². The third-order valence-electron chi connectivity index (χ3n) is 1.60. The SMILES string of the molecule is CCCOC(=O)O[Si](OCC)(OCC)OCC. The topological polar surface area (TPSA) is 63.2 Å². The van der Waals surface area contributed by atoms with Gasteiger partial charge in [-0.05, 0) is 27.2 Å². The van der Waals surface area contributed by atoms with E-state index in [4.69, 9.17) is 22.4 Å². The van der Waals surface area contributed by atoms with Crippen LogP contribution in [-0.4, -0.2) is 41.6 Å². The van der Waals surface area contributed by atoms with Gasteiger partial charge in [-0.3, -0.25) is 0 Å². The van der Waals surface area contributed by atoms with Crippen molar-refractivity contribution in [1.82, 2.24) is 0 Å². The number of carbonyl (C=O) groups is 1. The van der Waals surface area contributed by atoms with Gasteiger partial charge in [-0.25, -0.2) is 4.79 Å². The molecule has 102 valence electrons. The van der Waals surface area contributed by atoms with E-state index < -0.39 is 15.2 Å². The summed E-state index contributed by atoms with van der Waals surface area (Å²) >= 11 is 0. The first-order valence-electron chi connectivity index (χ1n) is 5.91. The van der Waals surface area contributed by atoms with Crippen molar-refractivity contribution in [3.63, 3.8) is 0 Å². The van der Waals surface area contributed by atoms with Crippen LogP contribution in [0.5, 0.6) is 0 Å². The smallest absolute Gasteiger partial charge is 0.435 e. The van der Waals surface area contributed by atoms with Crippen LogP contribution in [0.25, 0.3) is 0 Å². The zero-order chi connectivity index (χ0) is 13.1. The van der Waals surface area contributed by atoms with Gasteiger partial charge in [0.05, 0.1) is 6.61 Å². The molecule has 0 amide bonds. The second-order valence-electron chi connectivity index (χ2n) is 3.00. The van der Waals surface area contributed by atoms with Gasteiger partial charge in [0.15, 0.2) is 0 Å². The number of carbonyl (C=O) groups excluding carboxylic acids is 1. The monoisotopic (exact) mass is 266 g/mol. The van der Waals surface area contributed by atoms with Gasteiger partial charge < -0.3 is 22.4 Å². The van der Waals surface area contributed by atoms with E-state index in [1.54, 1.807) is 20.8 Å². The van der Waals surface area contributed by atoms with Crippen LogP contribution in [0.3, 0.4) is 0 Å². The van der Waals surface area contributed by atoms with Crippen LogP contribution >= 0.6 is 0 Å². The maximum atomic E-state index is 11.4. The Morgan fingerprint density at radius 2 is 1.41 bits per heavy atom. The predicted molar refractivity (Wildman–Crippen MR) is 63.4 cm³/mol. The second kappa shape index (κ2) is 9.40. The van der Waals surface area contributed by atoms with Crippen LogP contribution in [0.15, 0.2) is 0 Å². The highest BCUT2D eigenvalue weighted by Crippen LogP contribution is 2.13. The zero-order valence-corrected chi connectivity index (χ0v) is 12.0. The van der Waals surface area contributed by atoms with E-state index in [1.807, 2.05) is 6.92 Å². The van der Waals surface area contributed by atoms with Gasteiger partial charge in [0.25, 0.3) is 0 Å². The Labute approximate surface area is 104 Å². The molecule has 0 saturated heterocycles. The van der Waals surface area contributed by atoms with Crippen molar-refractivity contribution in [2.45, 2.75) is 34.1 Å². The van der Waals surface area contributed by atoms with Gasteiger partial charge in [0.2, 0.25) is 0 Å². The maximum Gasteiger partial charge on any atom is 0.754 e. The summed E-state index contributed by atoms with van der Waals surface area (Å²) in [5, 5.41) is 0. The van der Waals surface area contributed by atoms with Crippen molar-refractivity contribution >= 4 is 15.2 Å². The lowest BCUT2D eigenvalue weighted by Crippen LogP contribution is -2.50. The molecule has 0 aromatic carbocycles. The molecule has 0 spiro atoms. The third kappa shape index (κ3) is 6.62. The first-order chi connectivity index (χ1) is 8.14. The normalized spacial score (nSPS) is 11.3. The van der Waals surface area contributed by atoms with Gasteiger partial charge in [-0.2, -0.15) is 0 Å². The molecule has 0 unspecified atom stereocenters. The molecule has 6 nitrogen and oxygen atoms in total. The number of hydrogen-bond donors (Lipinski definition) is 0. The van der Waals surface area contributed by atoms with Crippen LogP contribution in [0.4, 0.5) is 4.79 Å². The van der Waals surface area contributed by atoms with Crippen LogP contribution < -0.4 is 0 Å². The minimum Gasteiger partial charge on any atom is -0.435 e. The fourth-order valence-electron chi connectivity index (χ4n) is 1.06. The van der Waals surface area contributed by atoms with E-state index in [2.05, 4.69) is 0 Å². The van der Waals surface area contributed by atoms with Gasteiger partial charge in [0.1, 0.15) is 0 Å². The van der Waals surface area contributed by atoms with E-state index in [0.717, 1.165) is 6.42 Å². The summed E-state index contributed by atoms with van der Waals surface area (Å²) in [6, 6.07) is 0. The Morgan fingerprint density at radius 1 is 0.941 bits per heavy atom. The maximum absolute atomic E-state index is 11.4. The second-order valence-corrected chi connectivity index (χ2v) is 5.07. The highest BCUT2D eigenvalue weighted by Gasteiger charge is 2.50. The molecule has 0 aliphatic heterocycles. The molecule has 0 rings (SSSR count). The minimum atomic E-state index is -3.38. The lowest BCUT2D eigenvalue weighted by molar-refractivity contribution is -0.0248. The molecule has 0 atom stereocenters.